The van der Waals surface area contributed by atoms with Crippen molar-refractivity contribution in [3.63, 3.8) is 0 Å². The SMILES string of the molecule is CCCNc1nc(-c2cccnc2)nc(CC(C)C)c1Br. The molecule has 0 bridgehead atoms. The lowest BCUT2D eigenvalue weighted by atomic mass is 10.1. The fourth-order valence-electron chi connectivity index (χ4n) is 2.00. The molecule has 112 valence electrons. The third kappa shape index (κ3) is 4.24. The Morgan fingerprint density at radius 3 is 2.71 bits per heavy atom. The van der Waals surface area contributed by atoms with Gasteiger partial charge in [0.1, 0.15) is 5.82 Å². The zero-order valence-corrected chi connectivity index (χ0v) is 14.3. The number of nitrogens with one attached hydrogen (secondary N) is 1. The van der Waals surface area contributed by atoms with Crippen molar-refractivity contribution in [2.75, 3.05) is 11.9 Å². The van der Waals surface area contributed by atoms with E-state index >= 15 is 0 Å². The van der Waals surface area contributed by atoms with Crippen LogP contribution in [0.25, 0.3) is 11.4 Å². The molecule has 2 aromatic heterocycles. The Kier molecular flexibility index (Phi) is 5.67. The van der Waals surface area contributed by atoms with Crippen molar-refractivity contribution in [3.8, 4) is 11.4 Å². The Balaban J connectivity index is 2.45. The van der Waals surface area contributed by atoms with Gasteiger partial charge in [0.25, 0.3) is 0 Å². The van der Waals surface area contributed by atoms with Crippen molar-refractivity contribution < 1.29 is 0 Å². The summed E-state index contributed by atoms with van der Waals surface area (Å²) < 4.78 is 0.970. The highest BCUT2D eigenvalue weighted by Gasteiger charge is 2.14. The highest BCUT2D eigenvalue weighted by molar-refractivity contribution is 9.10. The summed E-state index contributed by atoms with van der Waals surface area (Å²) in [6.45, 7) is 7.41. The summed E-state index contributed by atoms with van der Waals surface area (Å²) in [5, 5.41) is 3.37. The monoisotopic (exact) mass is 348 g/mol. The standard InChI is InChI=1S/C16H21BrN4/c1-4-7-19-16-14(17)13(9-11(2)3)20-15(21-16)12-6-5-8-18-10-12/h5-6,8,10-11H,4,7,9H2,1-3H3,(H,19,20,21). The van der Waals surface area contributed by atoms with Crippen molar-refractivity contribution in [3.05, 3.63) is 34.7 Å². The van der Waals surface area contributed by atoms with E-state index in [0.29, 0.717) is 5.92 Å². The molecule has 5 heteroatoms. The van der Waals surface area contributed by atoms with E-state index in [1.54, 1.807) is 12.4 Å². The molecule has 0 spiro atoms. The van der Waals surface area contributed by atoms with Crippen LogP contribution >= 0.6 is 15.9 Å². The molecule has 2 aromatic rings. The van der Waals surface area contributed by atoms with Crippen LogP contribution < -0.4 is 5.32 Å². The van der Waals surface area contributed by atoms with Crippen LogP contribution in [0.4, 0.5) is 5.82 Å². The number of halogens is 1. The summed E-state index contributed by atoms with van der Waals surface area (Å²) in [6, 6.07) is 3.89. The molecule has 0 radical (unpaired) electrons. The van der Waals surface area contributed by atoms with Gasteiger partial charge >= 0.3 is 0 Å². The minimum Gasteiger partial charge on any atom is -0.369 e. The van der Waals surface area contributed by atoms with Crippen LogP contribution in [0.15, 0.2) is 29.0 Å². The Labute approximate surface area is 134 Å². The van der Waals surface area contributed by atoms with Crippen LogP contribution in [0.5, 0.6) is 0 Å². The second-order valence-electron chi connectivity index (χ2n) is 5.42. The first kappa shape index (κ1) is 15.9. The van der Waals surface area contributed by atoms with E-state index in [1.807, 2.05) is 12.1 Å². The molecule has 0 fully saturated rings. The number of hydrogen-bond donors (Lipinski definition) is 1. The average molecular weight is 349 g/mol. The maximum absolute atomic E-state index is 4.71. The van der Waals surface area contributed by atoms with Crippen LogP contribution in [-0.2, 0) is 6.42 Å². The smallest absolute Gasteiger partial charge is 0.163 e. The molecule has 0 atom stereocenters. The Hall–Kier alpha value is -1.49. The third-order valence-corrected chi connectivity index (χ3v) is 3.82. The van der Waals surface area contributed by atoms with Crippen molar-refractivity contribution >= 4 is 21.7 Å². The molecule has 0 aliphatic carbocycles. The Morgan fingerprint density at radius 1 is 1.29 bits per heavy atom. The van der Waals surface area contributed by atoms with Gasteiger partial charge in [-0.25, -0.2) is 9.97 Å². The lowest BCUT2D eigenvalue weighted by Crippen LogP contribution is -2.09. The van der Waals surface area contributed by atoms with Crippen molar-refractivity contribution in [2.45, 2.75) is 33.6 Å². The van der Waals surface area contributed by atoms with Crippen LogP contribution in [0.1, 0.15) is 32.9 Å². The van der Waals surface area contributed by atoms with Gasteiger partial charge in [0.05, 0.1) is 10.2 Å². The van der Waals surface area contributed by atoms with Crippen LogP contribution in [0.3, 0.4) is 0 Å². The summed E-state index contributed by atoms with van der Waals surface area (Å²) in [7, 11) is 0. The number of rotatable bonds is 6. The van der Waals surface area contributed by atoms with Crippen molar-refractivity contribution in [2.24, 2.45) is 5.92 Å². The van der Waals surface area contributed by atoms with E-state index in [4.69, 9.17) is 4.98 Å². The molecule has 21 heavy (non-hydrogen) atoms. The lowest BCUT2D eigenvalue weighted by Gasteiger charge is -2.14. The Bertz CT molecular complexity index is 584. The molecule has 0 unspecified atom stereocenters. The molecule has 0 saturated heterocycles. The van der Waals surface area contributed by atoms with Crippen molar-refractivity contribution in [1.82, 2.24) is 15.0 Å². The molecule has 0 aromatic carbocycles. The van der Waals surface area contributed by atoms with Crippen LogP contribution in [0.2, 0.25) is 0 Å². The van der Waals surface area contributed by atoms with E-state index in [-0.39, 0.29) is 0 Å². The second-order valence-corrected chi connectivity index (χ2v) is 6.22. The summed E-state index contributed by atoms with van der Waals surface area (Å²) in [6.07, 6.45) is 5.52. The average Bonchev–Trinajstić information content (AvgIpc) is 2.48. The maximum Gasteiger partial charge on any atom is 0.163 e. The Morgan fingerprint density at radius 2 is 2.10 bits per heavy atom. The van der Waals surface area contributed by atoms with E-state index < -0.39 is 0 Å². The minimum atomic E-state index is 0.539. The molecule has 1 N–H and O–H groups in total. The van der Waals surface area contributed by atoms with Gasteiger partial charge in [0.2, 0.25) is 0 Å². The van der Waals surface area contributed by atoms with Crippen LogP contribution in [-0.4, -0.2) is 21.5 Å². The summed E-state index contributed by atoms with van der Waals surface area (Å²) in [5.41, 5.74) is 1.98. The predicted molar refractivity (Wildman–Crippen MR) is 90.3 cm³/mol. The van der Waals surface area contributed by atoms with Gasteiger partial charge in [-0.05, 0) is 46.8 Å². The van der Waals surface area contributed by atoms with Crippen LogP contribution in [0, 0.1) is 5.92 Å². The summed E-state index contributed by atoms with van der Waals surface area (Å²) in [4.78, 5) is 13.5. The molecule has 4 nitrogen and oxygen atoms in total. The fourth-order valence-corrected chi connectivity index (χ4v) is 2.48. The zero-order valence-electron chi connectivity index (χ0n) is 12.7. The van der Waals surface area contributed by atoms with Gasteiger partial charge < -0.3 is 5.32 Å². The van der Waals surface area contributed by atoms with E-state index in [9.17, 15) is 0 Å². The van der Waals surface area contributed by atoms with E-state index in [2.05, 4.69) is 52.0 Å². The third-order valence-electron chi connectivity index (χ3n) is 2.98. The maximum atomic E-state index is 4.71. The topological polar surface area (TPSA) is 50.7 Å². The highest BCUT2D eigenvalue weighted by atomic mass is 79.9. The highest BCUT2D eigenvalue weighted by Crippen LogP contribution is 2.28. The molecule has 0 aliphatic rings. The van der Waals surface area contributed by atoms with Gasteiger partial charge in [-0.1, -0.05) is 20.8 Å². The number of aromatic nitrogens is 3. The van der Waals surface area contributed by atoms with Gasteiger partial charge in [-0.15, -0.1) is 0 Å². The van der Waals surface area contributed by atoms with E-state index in [0.717, 1.165) is 46.8 Å². The molecule has 0 saturated carbocycles. The lowest BCUT2D eigenvalue weighted by molar-refractivity contribution is 0.632. The molecular weight excluding hydrogens is 328 g/mol. The number of anilines is 1. The van der Waals surface area contributed by atoms with Crippen molar-refractivity contribution in [1.29, 1.82) is 0 Å². The molecule has 2 heterocycles. The minimum absolute atomic E-state index is 0.539. The van der Waals surface area contributed by atoms with Gasteiger partial charge in [0, 0.05) is 24.5 Å². The van der Waals surface area contributed by atoms with Gasteiger partial charge in [-0.3, -0.25) is 4.98 Å². The normalized spacial score (nSPS) is 10.9. The second kappa shape index (κ2) is 7.50. The van der Waals surface area contributed by atoms with Gasteiger partial charge in [-0.2, -0.15) is 0 Å². The largest absolute Gasteiger partial charge is 0.369 e. The van der Waals surface area contributed by atoms with Gasteiger partial charge in [0.15, 0.2) is 5.82 Å². The van der Waals surface area contributed by atoms with E-state index in [1.165, 1.54) is 0 Å². The molecule has 0 amide bonds. The fraction of sp³-hybridized carbons (Fsp3) is 0.438. The summed E-state index contributed by atoms with van der Waals surface area (Å²) in [5.74, 6) is 2.12. The summed E-state index contributed by atoms with van der Waals surface area (Å²) >= 11 is 3.64. The predicted octanol–water partition coefficient (Wildman–Crippen LogP) is 4.32. The zero-order chi connectivity index (χ0) is 15.2. The first-order valence-corrected chi connectivity index (χ1v) is 8.11. The number of hydrogen-bond acceptors (Lipinski definition) is 4. The first-order valence-electron chi connectivity index (χ1n) is 7.32. The number of pyridine rings is 1. The molecule has 0 aliphatic heterocycles. The first-order chi connectivity index (χ1) is 10.1. The number of nitrogens with zero attached hydrogens (tertiary/aromatic N) is 3. The molecular formula is C16H21BrN4. The quantitative estimate of drug-likeness (QED) is 0.844. The molecule has 2 rings (SSSR count).